The van der Waals surface area contributed by atoms with Crippen LogP contribution in [0, 0.1) is 13.8 Å². The van der Waals surface area contributed by atoms with Crippen molar-refractivity contribution in [2.45, 2.75) is 40.2 Å². The van der Waals surface area contributed by atoms with Gasteiger partial charge in [0.1, 0.15) is 0 Å². The Morgan fingerprint density at radius 2 is 2.14 bits per heavy atom. The minimum Gasteiger partial charge on any atom is -0.357 e. The van der Waals surface area contributed by atoms with E-state index in [-0.39, 0.29) is 24.0 Å². The van der Waals surface area contributed by atoms with Gasteiger partial charge in [0.05, 0.1) is 12.2 Å². The van der Waals surface area contributed by atoms with Crippen LogP contribution in [-0.4, -0.2) is 40.8 Å². The van der Waals surface area contributed by atoms with Crippen molar-refractivity contribution in [3.8, 4) is 0 Å². The van der Waals surface area contributed by atoms with Crippen LogP contribution < -0.4 is 5.32 Å². The van der Waals surface area contributed by atoms with Gasteiger partial charge in [0.25, 0.3) is 0 Å². The Kier molecular flexibility index (Phi) is 10.1. The molecule has 0 amide bonds. The summed E-state index contributed by atoms with van der Waals surface area (Å²) in [7, 11) is 4.05. The lowest BCUT2D eigenvalue weighted by atomic mass is 10.2. The number of aliphatic imine (C=N–C) groups is 1. The van der Waals surface area contributed by atoms with Crippen LogP contribution in [0.4, 0.5) is 0 Å². The number of guanidine groups is 1. The molecule has 0 aliphatic rings. The number of nitrogens with one attached hydrogen (secondary N) is 1. The van der Waals surface area contributed by atoms with Crippen LogP contribution in [0.25, 0.3) is 0 Å². The van der Waals surface area contributed by atoms with E-state index in [1.165, 1.54) is 11.3 Å². The number of nitrogens with zero attached hydrogens (tertiary/aromatic N) is 4. The summed E-state index contributed by atoms with van der Waals surface area (Å²) in [5, 5.41) is 7.79. The van der Waals surface area contributed by atoms with Gasteiger partial charge >= 0.3 is 0 Å². The van der Waals surface area contributed by atoms with Crippen molar-refractivity contribution in [3.05, 3.63) is 29.6 Å². The third-order valence-corrected chi connectivity index (χ3v) is 3.64. The normalized spacial score (nSPS) is 11.0. The summed E-state index contributed by atoms with van der Waals surface area (Å²) in [5.41, 5.74) is 3.46. The van der Waals surface area contributed by atoms with Crippen molar-refractivity contribution in [2.24, 2.45) is 12.0 Å². The maximum absolute atomic E-state index is 4.75. The van der Waals surface area contributed by atoms with Crippen LogP contribution in [0.2, 0.25) is 0 Å². The summed E-state index contributed by atoms with van der Waals surface area (Å²) < 4.78 is 1.92. The van der Waals surface area contributed by atoms with Crippen LogP contribution in [0.5, 0.6) is 0 Å². The number of halogens is 1. The zero-order valence-corrected chi connectivity index (χ0v) is 16.8. The van der Waals surface area contributed by atoms with Crippen molar-refractivity contribution >= 4 is 29.9 Å². The van der Waals surface area contributed by atoms with Gasteiger partial charge in [-0.1, -0.05) is 6.08 Å². The van der Waals surface area contributed by atoms with E-state index in [1.807, 2.05) is 24.7 Å². The molecule has 22 heavy (non-hydrogen) atoms. The second kappa shape index (κ2) is 10.6. The quantitative estimate of drug-likeness (QED) is 0.243. The fourth-order valence-corrected chi connectivity index (χ4v) is 2.25. The van der Waals surface area contributed by atoms with Crippen LogP contribution in [0.3, 0.4) is 0 Å². The van der Waals surface area contributed by atoms with Crippen LogP contribution >= 0.6 is 24.0 Å². The average Bonchev–Trinajstić information content (AvgIpc) is 2.69. The molecule has 126 valence electrons. The minimum absolute atomic E-state index is 0. The van der Waals surface area contributed by atoms with E-state index in [0.717, 1.165) is 37.6 Å². The monoisotopic (exact) mass is 419 g/mol. The van der Waals surface area contributed by atoms with Gasteiger partial charge in [-0.2, -0.15) is 5.10 Å². The number of unbranched alkanes of at least 4 members (excludes halogenated alkanes) is 1. The first kappa shape index (κ1) is 20.9. The van der Waals surface area contributed by atoms with E-state index in [0.29, 0.717) is 6.54 Å². The first-order valence-corrected chi connectivity index (χ1v) is 7.60. The molecule has 1 N–H and O–H groups in total. The molecule has 0 radical (unpaired) electrons. The lowest BCUT2D eigenvalue weighted by molar-refractivity contribution is 0.470. The average molecular weight is 419 g/mol. The Labute approximate surface area is 151 Å². The van der Waals surface area contributed by atoms with Crippen LogP contribution in [0.15, 0.2) is 17.6 Å². The van der Waals surface area contributed by atoms with E-state index in [1.54, 1.807) is 0 Å². The molecule has 0 aromatic carbocycles. The predicted octanol–water partition coefficient (Wildman–Crippen LogP) is 3.02. The number of hydrogen-bond acceptors (Lipinski definition) is 2. The third kappa shape index (κ3) is 5.98. The topological polar surface area (TPSA) is 45.5 Å². The molecule has 0 aliphatic heterocycles. The second-order valence-electron chi connectivity index (χ2n) is 5.30. The standard InChI is InChI=1S/C16H29N5.HI/c1-7-9-10-11-20(5)16(17-8-2)18-12-15-13(3)19-21(6)14(15)4;/h7H,1,8-12H2,2-6H3,(H,17,18);1H. The second-order valence-corrected chi connectivity index (χ2v) is 5.30. The Morgan fingerprint density at radius 3 is 2.64 bits per heavy atom. The number of rotatable bonds is 7. The SMILES string of the molecule is C=CCCCN(C)C(=NCc1c(C)nn(C)c1C)NCC.I. The van der Waals surface area contributed by atoms with Gasteiger partial charge < -0.3 is 10.2 Å². The van der Waals surface area contributed by atoms with Gasteiger partial charge in [-0.15, -0.1) is 30.6 Å². The lowest BCUT2D eigenvalue weighted by Gasteiger charge is -2.21. The Balaban J connectivity index is 0.00000441. The van der Waals surface area contributed by atoms with Gasteiger partial charge in [0, 0.05) is 38.4 Å². The first-order valence-electron chi connectivity index (χ1n) is 7.60. The van der Waals surface area contributed by atoms with E-state index >= 15 is 0 Å². The highest BCUT2D eigenvalue weighted by Crippen LogP contribution is 2.13. The summed E-state index contributed by atoms with van der Waals surface area (Å²) in [6.07, 6.45) is 4.08. The van der Waals surface area contributed by atoms with Crippen molar-refractivity contribution in [1.29, 1.82) is 0 Å². The van der Waals surface area contributed by atoms with Gasteiger partial charge in [-0.3, -0.25) is 4.68 Å². The van der Waals surface area contributed by atoms with Crippen molar-refractivity contribution in [2.75, 3.05) is 20.1 Å². The molecule has 1 rings (SSSR count). The fourth-order valence-electron chi connectivity index (χ4n) is 2.25. The Hall–Kier alpha value is -1.05. The smallest absolute Gasteiger partial charge is 0.193 e. The molecule has 6 heteroatoms. The summed E-state index contributed by atoms with van der Waals surface area (Å²) in [6, 6.07) is 0. The number of aryl methyl sites for hydroxylation is 2. The third-order valence-electron chi connectivity index (χ3n) is 3.64. The van der Waals surface area contributed by atoms with E-state index in [9.17, 15) is 0 Å². The zero-order chi connectivity index (χ0) is 15.8. The minimum atomic E-state index is 0. The van der Waals surface area contributed by atoms with Crippen molar-refractivity contribution < 1.29 is 0 Å². The molecule has 0 bridgehead atoms. The summed E-state index contributed by atoms with van der Waals surface area (Å²) in [6.45, 7) is 12.5. The molecule has 1 aromatic heterocycles. The highest BCUT2D eigenvalue weighted by molar-refractivity contribution is 14.0. The highest BCUT2D eigenvalue weighted by atomic mass is 127. The Bertz CT molecular complexity index is 493. The largest absolute Gasteiger partial charge is 0.357 e. The van der Waals surface area contributed by atoms with Crippen molar-refractivity contribution in [3.63, 3.8) is 0 Å². The summed E-state index contributed by atoms with van der Waals surface area (Å²) in [4.78, 5) is 6.92. The molecule has 0 atom stereocenters. The fraction of sp³-hybridized carbons (Fsp3) is 0.625. The van der Waals surface area contributed by atoms with Crippen molar-refractivity contribution in [1.82, 2.24) is 20.0 Å². The van der Waals surface area contributed by atoms with E-state index < -0.39 is 0 Å². The van der Waals surface area contributed by atoms with Gasteiger partial charge in [0.2, 0.25) is 0 Å². The number of hydrogen-bond donors (Lipinski definition) is 1. The molecule has 0 saturated heterocycles. The van der Waals surface area contributed by atoms with Gasteiger partial charge in [0.15, 0.2) is 5.96 Å². The maximum atomic E-state index is 4.75. The van der Waals surface area contributed by atoms with Crippen LogP contribution in [-0.2, 0) is 13.6 Å². The first-order chi connectivity index (χ1) is 10.0. The number of aromatic nitrogens is 2. The molecule has 1 aromatic rings. The summed E-state index contributed by atoms with van der Waals surface area (Å²) >= 11 is 0. The summed E-state index contributed by atoms with van der Waals surface area (Å²) in [5.74, 6) is 0.948. The Morgan fingerprint density at radius 1 is 1.45 bits per heavy atom. The molecule has 5 nitrogen and oxygen atoms in total. The molecule has 0 spiro atoms. The van der Waals surface area contributed by atoms with Gasteiger partial charge in [-0.05, 0) is 33.6 Å². The zero-order valence-electron chi connectivity index (χ0n) is 14.5. The molecule has 0 unspecified atom stereocenters. The van der Waals surface area contributed by atoms with Gasteiger partial charge in [-0.25, -0.2) is 4.99 Å². The molecular weight excluding hydrogens is 389 g/mol. The molecular formula is C16H30IN5. The predicted molar refractivity (Wildman–Crippen MR) is 105 cm³/mol. The lowest BCUT2D eigenvalue weighted by Crippen LogP contribution is -2.39. The molecule has 0 aliphatic carbocycles. The number of allylic oxidation sites excluding steroid dienone is 1. The maximum Gasteiger partial charge on any atom is 0.193 e. The van der Waals surface area contributed by atoms with E-state index in [4.69, 9.17) is 4.99 Å². The molecule has 0 fully saturated rings. The molecule has 0 saturated carbocycles. The van der Waals surface area contributed by atoms with Crippen LogP contribution in [0.1, 0.15) is 36.7 Å². The van der Waals surface area contributed by atoms with E-state index in [2.05, 4.69) is 42.8 Å². The highest BCUT2D eigenvalue weighted by Gasteiger charge is 2.10. The molecule has 1 heterocycles.